The van der Waals surface area contributed by atoms with Crippen molar-refractivity contribution in [2.24, 2.45) is 0 Å². The van der Waals surface area contributed by atoms with Crippen LogP contribution in [0.15, 0.2) is 36.7 Å². The maximum atomic E-state index is 13.6. The quantitative estimate of drug-likeness (QED) is 0.903. The van der Waals surface area contributed by atoms with Crippen LogP contribution in [-0.2, 0) is 0 Å². The van der Waals surface area contributed by atoms with Crippen LogP contribution in [-0.4, -0.2) is 4.98 Å². The summed E-state index contributed by atoms with van der Waals surface area (Å²) in [6, 6.07) is 5.34. The molecule has 0 saturated heterocycles. The van der Waals surface area contributed by atoms with E-state index in [-0.39, 0.29) is 16.8 Å². The Morgan fingerprint density at radius 1 is 1.22 bits per heavy atom. The van der Waals surface area contributed by atoms with Crippen LogP contribution < -0.4 is 5.32 Å². The average Bonchev–Trinajstić information content (AvgIpc) is 2.34. The molecule has 0 aliphatic rings. The first-order valence-corrected chi connectivity index (χ1v) is 5.76. The van der Waals surface area contributed by atoms with E-state index in [0.29, 0.717) is 0 Å². The number of nitrogens with one attached hydrogen (secondary N) is 1. The van der Waals surface area contributed by atoms with Crippen LogP contribution in [0.5, 0.6) is 0 Å². The lowest BCUT2D eigenvalue weighted by Gasteiger charge is -2.17. The molecule has 0 saturated carbocycles. The van der Waals surface area contributed by atoms with Gasteiger partial charge in [-0.3, -0.25) is 4.98 Å². The Morgan fingerprint density at radius 2 is 1.89 bits per heavy atom. The third-order valence-corrected chi connectivity index (χ3v) is 2.87. The van der Waals surface area contributed by atoms with Crippen molar-refractivity contribution in [1.29, 1.82) is 0 Å². The number of hydrogen-bond acceptors (Lipinski definition) is 2. The number of halogens is 3. The predicted octanol–water partition coefficient (Wildman–Crippen LogP) is 4.19. The molecule has 5 heteroatoms. The van der Waals surface area contributed by atoms with E-state index < -0.39 is 11.6 Å². The number of hydrogen-bond donors (Lipinski definition) is 1. The Balaban J connectivity index is 2.25. The summed E-state index contributed by atoms with van der Waals surface area (Å²) in [4.78, 5) is 3.90. The standard InChI is InChI=1S/C13H11ClF2N2/c1-8(9-2-4-17-5-3-9)18-13-11(14)6-10(15)7-12(13)16/h2-8,18H,1H3. The van der Waals surface area contributed by atoms with Crippen molar-refractivity contribution in [3.05, 3.63) is 58.9 Å². The highest BCUT2D eigenvalue weighted by Gasteiger charge is 2.13. The first-order chi connectivity index (χ1) is 8.58. The maximum absolute atomic E-state index is 13.6. The Kier molecular flexibility index (Phi) is 3.77. The minimum absolute atomic E-state index is 0.0217. The molecule has 1 aromatic carbocycles. The summed E-state index contributed by atoms with van der Waals surface area (Å²) in [7, 11) is 0. The van der Waals surface area contributed by atoms with Crippen LogP contribution in [0.4, 0.5) is 14.5 Å². The number of anilines is 1. The molecule has 0 aliphatic heterocycles. The highest BCUT2D eigenvalue weighted by Crippen LogP contribution is 2.29. The second-order valence-corrected chi connectivity index (χ2v) is 4.30. The molecule has 1 N–H and O–H groups in total. The van der Waals surface area contributed by atoms with Crippen molar-refractivity contribution in [1.82, 2.24) is 4.98 Å². The molecule has 1 aromatic heterocycles. The minimum Gasteiger partial charge on any atom is -0.375 e. The fraction of sp³-hybridized carbons (Fsp3) is 0.154. The van der Waals surface area contributed by atoms with E-state index in [1.807, 2.05) is 19.1 Å². The molecule has 0 fully saturated rings. The largest absolute Gasteiger partial charge is 0.375 e. The summed E-state index contributed by atoms with van der Waals surface area (Å²) in [5.41, 5.74) is 1.03. The molecule has 2 aromatic rings. The number of pyridine rings is 1. The van der Waals surface area contributed by atoms with Crippen molar-refractivity contribution in [2.75, 3.05) is 5.32 Å². The van der Waals surface area contributed by atoms with Crippen LogP contribution >= 0.6 is 11.6 Å². The lowest BCUT2D eigenvalue weighted by atomic mass is 10.1. The predicted molar refractivity (Wildman–Crippen MR) is 67.6 cm³/mol. The molecule has 94 valence electrons. The summed E-state index contributed by atoms with van der Waals surface area (Å²) in [6.45, 7) is 1.86. The molecule has 0 radical (unpaired) electrons. The highest BCUT2D eigenvalue weighted by molar-refractivity contribution is 6.33. The van der Waals surface area contributed by atoms with Gasteiger partial charge in [0.2, 0.25) is 0 Å². The smallest absolute Gasteiger partial charge is 0.150 e. The van der Waals surface area contributed by atoms with Gasteiger partial charge in [-0.1, -0.05) is 11.6 Å². The third kappa shape index (κ3) is 2.76. The van der Waals surface area contributed by atoms with E-state index in [4.69, 9.17) is 11.6 Å². The van der Waals surface area contributed by atoms with E-state index >= 15 is 0 Å². The van der Waals surface area contributed by atoms with E-state index in [2.05, 4.69) is 10.3 Å². The van der Waals surface area contributed by atoms with Crippen molar-refractivity contribution in [2.45, 2.75) is 13.0 Å². The van der Waals surface area contributed by atoms with Gasteiger partial charge in [0.25, 0.3) is 0 Å². The normalized spacial score (nSPS) is 12.2. The van der Waals surface area contributed by atoms with E-state index in [0.717, 1.165) is 17.7 Å². The average molecular weight is 269 g/mol. The Labute approximate surface area is 109 Å². The SMILES string of the molecule is CC(Nc1c(F)cc(F)cc1Cl)c1ccncc1. The van der Waals surface area contributed by atoms with Crippen LogP contribution in [0.25, 0.3) is 0 Å². The van der Waals surface area contributed by atoms with Crippen molar-refractivity contribution >= 4 is 17.3 Å². The number of benzene rings is 1. The molecule has 0 aliphatic carbocycles. The molecule has 2 nitrogen and oxygen atoms in total. The molecule has 0 spiro atoms. The molecule has 2 rings (SSSR count). The summed E-state index contributed by atoms with van der Waals surface area (Å²) in [6.07, 6.45) is 3.30. The number of rotatable bonds is 3. The second-order valence-electron chi connectivity index (χ2n) is 3.89. The van der Waals surface area contributed by atoms with Gasteiger partial charge in [0, 0.05) is 24.5 Å². The first-order valence-electron chi connectivity index (χ1n) is 5.39. The third-order valence-electron chi connectivity index (χ3n) is 2.57. The van der Waals surface area contributed by atoms with Crippen LogP contribution in [0, 0.1) is 11.6 Å². The molecule has 18 heavy (non-hydrogen) atoms. The van der Waals surface area contributed by atoms with Gasteiger partial charge in [-0.05, 0) is 30.7 Å². The lowest BCUT2D eigenvalue weighted by molar-refractivity contribution is 0.584. The van der Waals surface area contributed by atoms with E-state index in [9.17, 15) is 8.78 Å². The van der Waals surface area contributed by atoms with E-state index in [1.165, 1.54) is 0 Å². The monoisotopic (exact) mass is 268 g/mol. The summed E-state index contributed by atoms with van der Waals surface area (Å²) < 4.78 is 26.5. The molecule has 1 unspecified atom stereocenters. The van der Waals surface area contributed by atoms with Crippen LogP contribution in [0.2, 0.25) is 5.02 Å². The van der Waals surface area contributed by atoms with Crippen LogP contribution in [0.1, 0.15) is 18.5 Å². The van der Waals surface area contributed by atoms with Crippen molar-refractivity contribution in [3.63, 3.8) is 0 Å². The van der Waals surface area contributed by atoms with Gasteiger partial charge in [0.15, 0.2) is 5.82 Å². The summed E-state index contributed by atoms with van der Waals surface area (Å²) in [5, 5.41) is 2.94. The van der Waals surface area contributed by atoms with E-state index in [1.54, 1.807) is 12.4 Å². The number of aromatic nitrogens is 1. The highest BCUT2D eigenvalue weighted by atomic mass is 35.5. The zero-order valence-corrected chi connectivity index (χ0v) is 10.4. The van der Waals surface area contributed by atoms with Gasteiger partial charge < -0.3 is 5.32 Å². The fourth-order valence-electron chi connectivity index (χ4n) is 1.63. The van der Waals surface area contributed by atoms with Gasteiger partial charge in [-0.25, -0.2) is 8.78 Å². The second kappa shape index (κ2) is 5.31. The molecular formula is C13H11ClF2N2. The lowest BCUT2D eigenvalue weighted by Crippen LogP contribution is -2.08. The van der Waals surface area contributed by atoms with Gasteiger partial charge in [-0.15, -0.1) is 0 Å². The zero-order valence-electron chi connectivity index (χ0n) is 9.62. The number of nitrogens with zero attached hydrogens (tertiary/aromatic N) is 1. The molecular weight excluding hydrogens is 258 g/mol. The van der Waals surface area contributed by atoms with Crippen molar-refractivity contribution in [3.8, 4) is 0 Å². The van der Waals surface area contributed by atoms with Gasteiger partial charge in [0.1, 0.15) is 5.82 Å². The van der Waals surface area contributed by atoms with Crippen LogP contribution in [0.3, 0.4) is 0 Å². The van der Waals surface area contributed by atoms with Crippen molar-refractivity contribution < 1.29 is 8.78 Å². The Hall–Kier alpha value is -1.68. The molecule has 1 heterocycles. The molecule has 1 atom stereocenters. The zero-order chi connectivity index (χ0) is 13.1. The minimum atomic E-state index is -0.707. The van der Waals surface area contributed by atoms with Gasteiger partial charge in [-0.2, -0.15) is 0 Å². The topological polar surface area (TPSA) is 24.9 Å². The van der Waals surface area contributed by atoms with Gasteiger partial charge in [0.05, 0.1) is 10.7 Å². The molecule has 0 amide bonds. The first kappa shape index (κ1) is 12.8. The Bertz CT molecular complexity index is 523. The molecule has 0 bridgehead atoms. The summed E-state index contributed by atoms with van der Waals surface area (Å²) in [5.74, 6) is -1.40. The summed E-state index contributed by atoms with van der Waals surface area (Å²) >= 11 is 5.81. The Morgan fingerprint density at radius 3 is 2.50 bits per heavy atom. The maximum Gasteiger partial charge on any atom is 0.150 e. The van der Waals surface area contributed by atoms with Gasteiger partial charge >= 0.3 is 0 Å². The fourth-order valence-corrected chi connectivity index (χ4v) is 1.88.